The molecule has 0 radical (unpaired) electrons. The van der Waals surface area contributed by atoms with E-state index in [0.717, 1.165) is 61.8 Å². The minimum atomic E-state index is -2.34. The Morgan fingerprint density at radius 2 is 1.29 bits per heavy atom. The Balaban J connectivity index is 1.86. The molecule has 5 nitrogen and oxygen atoms in total. The Bertz CT molecular complexity index is 1650. The average molecular weight is 787 g/mol. The first-order valence-corrected chi connectivity index (χ1v) is 26.8. The summed E-state index contributed by atoms with van der Waals surface area (Å²) in [6.07, 6.45) is 11.2. The van der Waals surface area contributed by atoms with Crippen LogP contribution in [0, 0.1) is 5.92 Å². The molecule has 3 rings (SSSR count). The molecule has 0 heterocycles. The molecule has 3 aromatic carbocycles. The van der Waals surface area contributed by atoms with Gasteiger partial charge in [0, 0.05) is 12.0 Å². The number of benzene rings is 3. The fourth-order valence-electron chi connectivity index (χ4n) is 6.76. The maximum absolute atomic E-state index is 12.3. The monoisotopic (exact) mass is 787 g/mol. The third kappa shape index (κ3) is 13.9. The fourth-order valence-corrected chi connectivity index (χ4v) is 8.27. The van der Waals surface area contributed by atoms with Crippen molar-refractivity contribution in [2.75, 3.05) is 13.2 Å². The highest BCUT2D eigenvalue weighted by molar-refractivity contribution is 6.73. The van der Waals surface area contributed by atoms with E-state index in [1.807, 2.05) is 26.2 Å². The molecule has 0 amide bonds. The van der Waals surface area contributed by atoms with Crippen molar-refractivity contribution in [1.29, 1.82) is 0 Å². The van der Waals surface area contributed by atoms with Gasteiger partial charge in [-0.15, -0.1) is 0 Å². The number of esters is 1. The first kappa shape index (κ1) is 46.4. The van der Waals surface area contributed by atoms with E-state index in [2.05, 4.69) is 109 Å². The Morgan fingerprint density at radius 3 is 1.84 bits per heavy atom. The van der Waals surface area contributed by atoms with E-state index in [-0.39, 0.29) is 22.7 Å². The molecule has 0 aliphatic carbocycles. The van der Waals surface area contributed by atoms with Gasteiger partial charge in [-0.25, -0.2) is 4.79 Å². The third-order valence-electron chi connectivity index (χ3n) is 12.6. The predicted molar refractivity (Wildman–Crippen MR) is 239 cm³/mol. The molecule has 0 aliphatic heterocycles. The van der Waals surface area contributed by atoms with Crippen molar-refractivity contribution in [2.24, 2.45) is 5.92 Å². The summed E-state index contributed by atoms with van der Waals surface area (Å²) in [5.74, 6) is 0.845. The van der Waals surface area contributed by atoms with Crippen molar-refractivity contribution >= 4 is 22.6 Å². The normalized spacial score (nSPS) is 12.6. The van der Waals surface area contributed by atoms with Crippen molar-refractivity contribution in [1.82, 2.24) is 0 Å². The minimum Gasteiger partial charge on any atom is -0.493 e. The van der Waals surface area contributed by atoms with Crippen LogP contribution in [0.2, 0.25) is 36.3 Å². The van der Waals surface area contributed by atoms with Crippen LogP contribution in [0.1, 0.15) is 117 Å². The lowest BCUT2D eigenvalue weighted by molar-refractivity contribution is -0.138. The van der Waals surface area contributed by atoms with Gasteiger partial charge in [0.25, 0.3) is 0 Å². The molecule has 0 saturated carbocycles. The number of aryl methyl sites for hydroxylation is 2. The van der Waals surface area contributed by atoms with Gasteiger partial charge in [0.1, 0.15) is 5.75 Å². The van der Waals surface area contributed by atoms with Gasteiger partial charge in [-0.1, -0.05) is 122 Å². The summed E-state index contributed by atoms with van der Waals surface area (Å²) in [6, 6.07) is 22.3. The van der Waals surface area contributed by atoms with Crippen LogP contribution < -0.4 is 4.74 Å². The van der Waals surface area contributed by atoms with E-state index in [4.69, 9.17) is 9.47 Å². The highest BCUT2D eigenvalue weighted by Gasteiger charge is 2.40. The van der Waals surface area contributed by atoms with Crippen LogP contribution in [0.25, 0.3) is 22.3 Å². The summed E-state index contributed by atoms with van der Waals surface area (Å²) in [5.41, 5.74) is 8.87. The molecule has 0 saturated heterocycles. The van der Waals surface area contributed by atoms with Gasteiger partial charge in [0.05, 0.1) is 13.2 Å². The number of unbranched alkanes of at least 4 members (excludes halogenated alkanes) is 2. The zero-order valence-corrected chi connectivity index (χ0v) is 38.4. The summed E-state index contributed by atoms with van der Waals surface area (Å²) in [6.45, 7) is 27.7. The quantitative estimate of drug-likeness (QED) is 0.0433. The van der Waals surface area contributed by atoms with Gasteiger partial charge in [0.2, 0.25) is 0 Å². The second-order valence-electron chi connectivity index (χ2n) is 18.3. The van der Waals surface area contributed by atoms with Crippen LogP contribution in [-0.2, 0) is 28.8 Å². The molecule has 0 bridgehead atoms. The summed E-state index contributed by atoms with van der Waals surface area (Å²) in [7, 11) is -4.67. The molecule has 7 heteroatoms. The van der Waals surface area contributed by atoms with E-state index in [9.17, 15) is 14.4 Å². The topological polar surface area (TPSA) is 76.0 Å². The van der Waals surface area contributed by atoms with Crippen LogP contribution in [0.15, 0.2) is 72.8 Å². The van der Waals surface area contributed by atoms with Gasteiger partial charge in [-0.05, 0) is 139 Å². The summed E-state index contributed by atoms with van der Waals surface area (Å²) < 4.78 is 12.1. The lowest BCUT2D eigenvalue weighted by Gasteiger charge is -2.38. The molecule has 0 aromatic heterocycles. The van der Waals surface area contributed by atoms with Crippen LogP contribution in [0.4, 0.5) is 0 Å². The predicted octanol–water partition coefficient (Wildman–Crippen LogP) is 12.9. The van der Waals surface area contributed by atoms with Gasteiger partial charge in [0.15, 0.2) is 16.6 Å². The highest BCUT2D eigenvalue weighted by atomic mass is 28.4. The van der Waals surface area contributed by atoms with Crippen molar-refractivity contribution in [3.63, 3.8) is 0 Å². The summed E-state index contributed by atoms with van der Waals surface area (Å²) >= 11 is 0. The second-order valence-corrected chi connectivity index (χ2v) is 27.3. The molecule has 304 valence electrons. The Labute approximate surface area is 337 Å². The largest absolute Gasteiger partial charge is 0.493 e. The Hall–Kier alpha value is -2.98. The van der Waals surface area contributed by atoms with E-state index in [0.29, 0.717) is 24.5 Å². The van der Waals surface area contributed by atoms with Crippen molar-refractivity contribution < 1.29 is 23.9 Å². The summed E-state index contributed by atoms with van der Waals surface area (Å²) in [4.78, 5) is 34.3. The van der Waals surface area contributed by atoms with Crippen LogP contribution in [0.3, 0.4) is 0 Å². The molecule has 0 fully saturated rings. The van der Waals surface area contributed by atoms with Gasteiger partial charge >= 0.3 is 5.97 Å². The molecule has 0 unspecified atom stereocenters. The van der Waals surface area contributed by atoms with Gasteiger partial charge in [-0.2, -0.15) is 0 Å². The average Bonchev–Trinajstić information content (AvgIpc) is 3.12. The van der Waals surface area contributed by atoms with E-state index < -0.39 is 16.6 Å². The Morgan fingerprint density at radius 1 is 0.727 bits per heavy atom. The summed E-state index contributed by atoms with van der Waals surface area (Å²) in [5, 5.41) is -0.185. The number of carbonyl (C=O) groups is 1. The first-order chi connectivity index (χ1) is 25.7. The van der Waals surface area contributed by atoms with E-state index in [1.165, 1.54) is 47.1 Å². The molecule has 55 heavy (non-hydrogen) atoms. The Kier molecular flexibility index (Phi) is 17.3. The maximum Gasteiger partial charge on any atom is 0.333 e. The van der Waals surface area contributed by atoms with Crippen LogP contribution in [-0.4, -0.2) is 45.4 Å². The SMILES string of the molecule is C=C(C)C(=O)OCCc1cc(-c2ccc(-c3ccc(CCCCC)cc3)cc2CC)ccc1OCCC(CCC(C)(C)[Si](C)(C)O)CCC(C)(C)[Si](C)(C)O. The minimum absolute atomic E-state index is 0.0923. The number of carbonyl (C=O) groups excluding carboxylic acids is 1. The highest BCUT2D eigenvalue weighted by Crippen LogP contribution is 2.45. The molecule has 0 atom stereocenters. The van der Waals surface area contributed by atoms with Crippen LogP contribution in [0.5, 0.6) is 5.75 Å². The molecule has 2 N–H and O–H groups in total. The van der Waals surface area contributed by atoms with Gasteiger partial charge < -0.3 is 19.1 Å². The zero-order chi connectivity index (χ0) is 41.0. The standard InChI is InChI=1S/C48H74O5Si2/c1-13-15-16-17-37-18-20-40(21-19-37)41-22-24-44(39(14-2)34-41)42-23-25-45(43(35-42)29-33-53-46(49)36(3)4)52-32-28-38(26-30-47(5,6)54(9,10)50)27-31-48(7,8)55(11,12)51/h18-25,34-35,38,50-51H,3,13-17,26-33H2,1-2,4-12H3. The molecule has 3 aromatic rings. The first-order valence-electron chi connectivity index (χ1n) is 20.9. The molecule has 0 aliphatic rings. The van der Waals surface area contributed by atoms with Crippen molar-refractivity contribution in [2.45, 2.75) is 155 Å². The lowest BCUT2D eigenvalue weighted by atomic mass is 9.88. The van der Waals surface area contributed by atoms with E-state index >= 15 is 0 Å². The molecule has 0 spiro atoms. The fraction of sp³-hybridized carbons (Fsp3) is 0.562. The smallest absolute Gasteiger partial charge is 0.333 e. The zero-order valence-electron chi connectivity index (χ0n) is 36.4. The lowest BCUT2D eigenvalue weighted by Crippen LogP contribution is -2.40. The van der Waals surface area contributed by atoms with Crippen molar-refractivity contribution in [3.8, 4) is 28.0 Å². The van der Waals surface area contributed by atoms with E-state index in [1.54, 1.807) is 6.92 Å². The number of hydrogen-bond acceptors (Lipinski definition) is 5. The van der Waals surface area contributed by atoms with Crippen LogP contribution >= 0.6 is 0 Å². The number of ether oxygens (including phenoxy) is 2. The van der Waals surface area contributed by atoms with Gasteiger partial charge in [-0.3, -0.25) is 0 Å². The maximum atomic E-state index is 12.3. The number of rotatable bonds is 23. The third-order valence-corrected chi connectivity index (χ3v) is 19.7. The number of hydrogen-bond donors (Lipinski definition) is 2. The molecular weight excluding hydrogens is 713 g/mol. The molecular formula is C48H74O5Si2. The van der Waals surface area contributed by atoms with Crippen molar-refractivity contribution in [3.05, 3.63) is 89.5 Å². The second kappa shape index (κ2) is 20.4.